The molecule has 1 fully saturated rings. The Morgan fingerprint density at radius 1 is 1.00 bits per heavy atom. The molecule has 1 aromatic heterocycles. The number of hydrogen-bond donors (Lipinski definition) is 1. The van der Waals surface area contributed by atoms with Gasteiger partial charge in [-0.15, -0.1) is 0 Å². The Bertz CT molecular complexity index is 1220. The first-order chi connectivity index (χ1) is 14.9. The van der Waals surface area contributed by atoms with E-state index in [4.69, 9.17) is 0 Å². The quantitative estimate of drug-likeness (QED) is 0.598. The minimum absolute atomic E-state index is 0.0286. The number of aromatic amines is 1. The smallest absolute Gasteiger partial charge is 0.243 e. The van der Waals surface area contributed by atoms with E-state index in [1.807, 2.05) is 30.5 Å². The number of aryl methyl sites for hydroxylation is 1. The molecule has 1 aliphatic rings. The van der Waals surface area contributed by atoms with Crippen LogP contribution in [-0.4, -0.2) is 60.5 Å². The van der Waals surface area contributed by atoms with Crippen LogP contribution in [0.1, 0.15) is 29.3 Å². The lowest BCUT2D eigenvalue weighted by molar-refractivity contribution is -0.132. The van der Waals surface area contributed by atoms with Crippen molar-refractivity contribution in [2.75, 3.05) is 26.2 Å². The molecule has 162 valence electrons. The van der Waals surface area contributed by atoms with Crippen LogP contribution in [0.2, 0.25) is 0 Å². The molecule has 0 bridgehead atoms. The number of ketones is 1. The molecule has 1 amide bonds. The van der Waals surface area contributed by atoms with Crippen LogP contribution in [0.3, 0.4) is 0 Å². The van der Waals surface area contributed by atoms with Gasteiger partial charge in [0.1, 0.15) is 0 Å². The van der Waals surface area contributed by atoms with Crippen LogP contribution in [0, 0.1) is 0 Å². The normalized spacial score (nSPS) is 15.3. The highest BCUT2D eigenvalue weighted by Gasteiger charge is 2.30. The van der Waals surface area contributed by atoms with E-state index in [2.05, 4.69) is 4.98 Å². The van der Waals surface area contributed by atoms with Gasteiger partial charge in [-0.05, 0) is 37.1 Å². The molecule has 31 heavy (non-hydrogen) atoms. The number of nitrogens with one attached hydrogen (secondary N) is 1. The lowest BCUT2D eigenvalue weighted by atomic mass is 10.1. The van der Waals surface area contributed by atoms with Crippen molar-refractivity contribution in [2.45, 2.75) is 24.7 Å². The first-order valence-corrected chi connectivity index (χ1v) is 11.7. The van der Waals surface area contributed by atoms with Crippen LogP contribution < -0.4 is 0 Å². The summed E-state index contributed by atoms with van der Waals surface area (Å²) in [7, 11) is -3.70. The van der Waals surface area contributed by atoms with E-state index in [1.54, 1.807) is 17.0 Å². The van der Waals surface area contributed by atoms with Crippen molar-refractivity contribution >= 4 is 32.6 Å². The van der Waals surface area contributed by atoms with Crippen LogP contribution in [0.25, 0.3) is 10.9 Å². The summed E-state index contributed by atoms with van der Waals surface area (Å²) in [6, 6.07) is 14.1. The fourth-order valence-corrected chi connectivity index (χ4v) is 5.41. The van der Waals surface area contributed by atoms with E-state index in [9.17, 15) is 18.0 Å². The number of piperazine rings is 1. The molecule has 3 aromatic rings. The van der Waals surface area contributed by atoms with Crippen LogP contribution >= 0.6 is 0 Å². The molecule has 0 radical (unpaired) electrons. The summed E-state index contributed by atoms with van der Waals surface area (Å²) in [4.78, 5) is 29.3. The molecule has 0 aliphatic carbocycles. The number of carbonyl (C=O) groups is 2. The molecule has 7 nitrogen and oxygen atoms in total. The maximum atomic E-state index is 13.0. The van der Waals surface area contributed by atoms with Crippen molar-refractivity contribution in [1.82, 2.24) is 14.2 Å². The van der Waals surface area contributed by atoms with Gasteiger partial charge in [0.25, 0.3) is 0 Å². The molecule has 0 spiro atoms. The Hall–Kier alpha value is -2.97. The van der Waals surface area contributed by atoms with E-state index in [-0.39, 0.29) is 29.7 Å². The van der Waals surface area contributed by atoms with Gasteiger partial charge in [-0.1, -0.05) is 30.3 Å². The second-order valence-electron chi connectivity index (χ2n) is 7.73. The number of Topliss-reactive ketones (excluding diaryl/α,β-unsaturated/α-hetero) is 1. The van der Waals surface area contributed by atoms with Crippen molar-refractivity contribution in [1.29, 1.82) is 0 Å². The van der Waals surface area contributed by atoms with Crippen molar-refractivity contribution in [3.8, 4) is 0 Å². The predicted molar refractivity (Wildman–Crippen MR) is 118 cm³/mol. The number of fused-ring (bicyclic) bond motifs is 1. The number of benzene rings is 2. The van der Waals surface area contributed by atoms with Crippen molar-refractivity contribution in [3.05, 3.63) is 65.9 Å². The van der Waals surface area contributed by atoms with Crippen LogP contribution in [-0.2, 0) is 21.2 Å². The number of para-hydroxylation sites is 1. The second-order valence-corrected chi connectivity index (χ2v) is 9.67. The Balaban J connectivity index is 1.36. The highest BCUT2D eigenvalue weighted by molar-refractivity contribution is 7.89. The van der Waals surface area contributed by atoms with Gasteiger partial charge in [-0.25, -0.2) is 8.42 Å². The van der Waals surface area contributed by atoms with Gasteiger partial charge in [0.05, 0.1) is 4.90 Å². The predicted octanol–water partition coefficient (Wildman–Crippen LogP) is 2.84. The standard InChI is InChI=1S/C23H25N3O4S/c1-17(27)18-5-4-6-20(15-18)31(29,30)26-13-11-25(12-14-26)23(28)10-9-19-16-24-22-8-3-2-7-21(19)22/h2-8,15-16,24H,9-14H2,1H3. The summed E-state index contributed by atoms with van der Waals surface area (Å²) in [5.74, 6) is -0.149. The minimum Gasteiger partial charge on any atom is -0.361 e. The van der Waals surface area contributed by atoms with Gasteiger partial charge < -0.3 is 9.88 Å². The molecular weight excluding hydrogens is 414 g/mol. The second kappa shape index (κ2) is 8.64. The maximum Gasteiger partial charge on any atom is 0.243 e. The molecule has 4 rings (SSSR count). The Morgan fingerprint density at radius 2 is 1.74 bits per heavy atom. The van der Waals surface area contributed by atoms with Crippen LogP contribution in [0.4, 0.5) is 0 Å². The zero-order valence-electron chi connectivity index (χ0n) is 17.4. The van der Waals surface area contributed by atoms with Crippen molar-refractivity contribution in [3.63, 3.8) is 0 Å². The summed E-state index contributed by atoms with van der Waals surface area (Å²) in [5.41, 5.74) is 2.53. The van der Waals surface area contributed by atoms with E-state index in [0.29, 0.717) is 31.5 Å². The Labute approximate surface area is 181 Å². The third-order valence-electron chi connectivity index (χ3n) is 5.75. The van der Waals surface area contributed by atoms with Gasteiger partial charge in [0.15, 0.2) is 5.78 Å². The molecule has 0 unspecified atom stereocenters. The van der Waals surface area contributed by atoms with Crippen LogP contribution in [0.5, 0.6) is 0 Å². The molecule has 0 saturated carbocycles. The highest BCUT2D eigenvalue weighted by atomic mass is 32.2. The molecule has 8 heteroatoms. The van der Waals surface area contributed by atoms with Gasteiger partial charge in [-0.3, -0.25) is 9.59 Å². The lowest BCUT2D eigenvalue weighted by Crippen LogP contribution is -2.50. The summed E-state index contributed by atoms with van der Waals surface area (Å²) in [5, 5.41) is 1.12. The van der Waals surface area contributed by atoms with E-state index in [1.165, 1.54) is 23.4 Å². The third-order valence-corrected chi connectivity index (χ3v) is 7.65. The average molecular weight is 440 g/mol. The van der Waals surface area contributed by atoms with Gasteiger partial charge in [0.2, 0.25) is 15.9 Å². The number of nitrogens with zero attached hydrogens (tertiary/aromatic N) is 2. The van der Waals surface area contributed by atoms with E-state index in [0.717, 1.165) is 16.5 Å². The molecule has 1 N–H and O–H groups in total. The third kappa shape index (κ3) is 4.40. The first kappa shape index (κ1) is 21.3. The number of rotatable bonds is 6. The number of hydrogen-bond acceptors (Lipinski definition) is 4. The zero-order valence-corrected chi connectivity index (χ0v) is 18.2. The van der Waals surface area contributed by atoms with E-state index >= 15 is 0 Å². The zero-order chi connectivity index (χ0) is 22.0. The van der Waals surface area contributed by atoms with Crippen molar-refractivity contribution in [2.24, 2.45) is 0 Å². The molecule has 0 atom stereocenters. The summed E-state index contributed by atoms with van der Waals surface area (Å²) >= 11 is 0. The molecule has 1 saturated heterocycles. The molecule has 1 aliphatic heterocycles. The molecule has 2 heterocycles. The monoisotopic (exact) mass is 439 g/mol. The minimum atomic E-state index is -3.70. The molecule has 2 aromatic carbocycles. The van der Waals surface area contributed by atoms with E-state index < -0.39 is 10.0 Å². The van der Waals surface area contributed by atoms with Crippen molar-refractivity contribution < 1.29 is 18.0 Å². The Morgan fingerprint density at radius 3 is 2.48 bits per heavy atom. The number of carbonyl (C=O) groups excluding carboxylic acids is 2. The molecular formula is C23H25N3O4S. The number of sulfonamides is 1. The summed E-state index contributed by atoms with van der Waals surface area (Å²) < 4.78 is 27.3. The lowest BCUT2D eigenvalue weighted by Gasteiger charge is -2.34. The number of aromatic nitrogens is 1. The number of H-pyrrole nitrogens is 1. The number of amides is 1. The Kier molecular flexibility index (Phi) is 5.93. The summed E-state index contributed by atoms with van der Waals surface area (Å²) in [6.07, 6.45) is 2.96. The van der Waals surface area contributed by atoms with Gasteiger partial charge >= 0.3 is 0 Å². The largest absolute Gasteiger partial charge is 0.361 e. The topological polar surface area (TPSA) is 90.6 Å². The summed E-state index contributed by atoms with van der Waals surface area (Å²) in [6.45, 7) is 2.61. The fraction of sp³-hybridized carbons (Fsp3) is 0.304. The van der Waals surface area contributed by atoms with Crippen LogP contribution in [0.15, 0.2) is 59.6 Å². The highest BCUT2D eigenvalue weighted by Crippen LogP contribution is 2.21. The van der Waals surface area contributed by atoms with Gasteiger partial charge in [0, 0.05) is 55.3 Å². The SMILES string of the molecule is CC(=O)c1cccc(S(=O)(=O)N2CCN(C(=O)CCc3c[nH]c4ccccc34)CC2)c1. The first-order valence-electron chi connectivity index (χ1n) is 10.3. The fourth-order valence-electron chi connectivity index (χ4n) is 3.94. The van der Waals surface area contributed by atoms with Gasteiger partial charge in [-0.2, -0.15) is 4.31 Å². The maximum absolute atomic E-state index is 13.0. The average Bonchev–Trinajstić information content (AvgIpc) is 3.21.